The smallest absolute Gasteiger partial charge is 0.177 e. The molecule has 1 aliphatic heterocycles. The van der Waals surface area contributed by atoms with Gasteiger partial charge in [-0.15, -0.1) is 0 Å². The van der Waals surface area contributed by atoms with Gasteiger partial charge in [0.05, 0.1) is 11.9 Å². The van der Waals surface area contributed by atoms with Crippen molar-refractivity contribution in [1.29, 1.82) is 0 Å². The molecule has 1 aromatic carbocycles. The number of nitrogens with one attached hydrogen (secondary N) is 1. The average Bonchev–Trinajstić information content (AvgIpc) is 3.06. The summed E-state index contributed by atoms with van der Waals surface area (Å²) in [5, 5.41) is 2.86. The minimum Gasteiger partial charge on any atom is -0.479 e. The van der Waals surface area contributed by atoms with E-state index in [1.54, 1.807) is 12.4 Å². The quantitative estimate of drug-likeness (QED) is 0.877. The largest absolute Gasteiger partial charge is 0.479 e. The van der Waals surface area contributed by atoms with Crippen molar-refractivity contribution >= 4 is 11.6 Å². The monoisotopic (exact) mass is 325 g/mol. The maximum atomic E-state index is 14.0. The van der Waals surface area contributed by atoms with E-state index < -0.39 is 17.7 Å². The molecule has 0 unspecified atom stereocenters. The molecule has 2 aromatic rings. The molecule has 0 spiro atoms. The highest BCUT2D eigenvalue weighted by Gasteiger charge is 2.31. The van der Waals surface area contributed by atoms with Gasteiger partial charge >= 0.3 is 0 Å². The van der Waals surface area contributed by atoms with Crippen molar-refractivity contribution in [2.45, 2.75) is 12.5 Å². The molecule has 1 saturated heterocycles. The topological polar surface area (TPSA) is 47.0 Å². The van der Waals surface area contributed by atoms with Gasteiger partial charge in [-0.05, 0) is 25.1 Å². The number of ether oxygens (including phenoxy) is 1. The van der Waals surface area contributed by atoms with E-state index in [0.717, 1.165) is 25.1 Å². The Hall–Kier alpha value is -1.79. The number of halogens is 3. The van der Waals surface area contributed by atoms with E-state index >= 15 is 0 Å². The number of hydrogen-bond acceptors (Lipinski definition) is 4. The van der Waals surface area contributed by atoms with Gasteiger partial charge in [0.1, 0.15) is 16.9 Å². The van der Waals surface area contributed by atoms with Gasteiger partial charge in [-0.1, -0.05) is 11.6 Å². The van der Waals surface area contributed by atoms with Crippen molar-refractivity contribution in [3.63, 3.8) is 0 Å². The van der Waals surface area contributed by atoms with Gasteiger partial charge < -0.3 is 10.1 Å². The summed E-state index contributed by atoms with van der Waals surface area (Å²) in [6.45, 7) is 1.54. The van der Waals surface area contributed by atoms with Gasteiger partial charge in [0, 0.05) is 24.9 Å². The number of hydrogen-bond donors (Lipinski definition) is 1. The van der Waals surface area contributed by atoms with Crippen LogP contribution in [-0.2, 0) is 0 Å². The summed E-state index contributed by atoms with van der Waals surface area (Å²) in [5.41, 5.74) is 0.566. The first-order valence-electron chi connectivity index (χ1n) is 6.93. The lowest BCUT2D eigenvalue weighted by atomic mass is 9.99. The lowest BCUT2D eigenvalue weighted by Crippen LogP contribution is -2.23. The molecule has 4 nitrogen and oxygen atoms in total. The molecule has 0 bridgehead atoms. The fourth-order valence-corrected chi connectivity index (χ4v) is 2.73. The Morgan fingerprint density at radius 1 is 1.27 bits per heavy atom. The van der Waals surface area contributed by atoms with E-state index in [1.165, 1.54) is 6.20 Å². The predicted octanol–water partition coefficient (Wildman–Crippen LogP) is 3.14. The van der Waals surface area contributed by atoms with Gasteiger partial charge in [-0.2, -0.15) is 0 Å². The summed E-state index contributed by atoms with van der Waals surface area (Å²) in [5.74, 6) is -1.63. The van der Waals surface area contributed by atoms with Gasteiger partial charge in [-0.25, -0.2) is 8.78 Å². The molecule has 1 aromatic heterocycles. The third-order valence-corrected chi connectivity index (χ3v) is 4.00. The van der Waals surface area contributed by atoms with E-state index in [1.807, 2.05) is 0 Å². The molecule has 0 amide bonds. The van der Waals surface area contributed by atoms with Crippen molar-refractivity contribution in [2.24, 2.45) is 5.92 Å². The van der Waals surface area contributed by atoms with Crippen LogP contribution in [0.25, 0.3) is 0 Å². The summed E-state index contributed by atoms with van der Waals surface area (Å²) in [6.07, 6.45) is 4.95. The Bertz CT molecular complexity index is 651. The third-order valence-electron chi connectivity index (χ3n) is 3.65. The maximum Gasteiger partial charge on any atom is 0.177 e. The molecule has 116 valence electrons. The van der Waals surface area contributed by atoms with E-state index in [2.05, 4.69) is 15.3 Å². The summed E-state index contributed by atoms with van der Waals surface area (Å²) in [4.78, 5) is 8.24. The third kappa shape index (κ3) is 3.03. The number of rotatable bonds is 4. The molecule has 1 fully saturated rings. The summed E-state index contributed by atoms with van der Waals surface area (Å²) < 4.78 is 33.3. The first-order chi connectivity index (χ1) is 10.7. The number of aromatic nitrogens is 2. The van der Waals surface area contributed by atoms with Crippen LogP contribution in [0.3, 0.4) is 0 Å². The summed E-state index contributed by atoms with van der Waals surface area (Å²) >= 11 is 5.85. The fraction of sp³-hybridized carbons (Fsp3) is 0.333. The zero-order valence-corrected chi connectivity index (χ0v) is 12.4. The summed E-state index contributed by atoms with van der Waals surface area (Å²) in [7, 11) is 0. The molecule has 2 atom stereocenters. The number of benzene rings is 1. The highest BCUT2D eigenvalue weighted by atomic mass is 35.5. The highest BCUT2D eigenvalue weighted by molar-refractivity contribution is 6.32. The van der Waals surface area contributed by atoms with E-state index in [-0.39, 0.29) is 16.7 Å². The lowest BCUT2D eigenvalue weighted by Gasteiger charge is -2.24. The second-order valence-electron chi connectivity index (χ2n) is 5.09. The zero-order chi connectivity index (χ0) is 15.5. The van der Waals surface area contributed by atoms with Crippen molar-refractivity contribution in [3.8, 4) is 5.75 Å². The molecule has 22 heavy (non-hydrogen) atoms. The Labute approximate surface area is 131 Å². The van der Waals surface area contributed by atoms with Crippen LogP contribution in [0, 0.1) is 17.6 Å². The van der Waals surface area contributed by atoms with Gasteiger partial charge in [0.2, 0.25) is 0 Å². The molecule has 2 heterocycles. The highest BCUT2D eigenvalue weighted by Crippen LogP contribution is 2.37. The van der Waals surface area contributed by atoms with E-state index in [4.69, 9.17) is 16.3 Å². The van der Waals surface area contributed by atoms with Crippen LogP contribution in [0.15, 0.2) is 30.7 Å². The Morgan fingerprint density at radius 3 is 2.77 bits per heavy atom. The Kier molecular flexibility index (Phi) is 4.49. The van der Waals surface area contributed by atoms with Gasteiger partial charge in [0.25, 0.3) is 0 Å². The molecule has 7 heteroatoms. The van der Waals surface area contributed by atoms with Crippen LogP contribution in [0.1, 0.15) is 18.2 Å². The molecular weight excluding hydrogens is 312 g/mol. The standard InChI is InChI=1S/C15H14ClF2N3O/c16-13-10(17)1-2-11(18)15(13)22-14(9-3-4-19-7-9)12-8-20-5-6-21-12/h1-2,5-6,8-9,14,19H,3-4,7H2/t9-,14+/m0/s1. The fourth-order valence-electron chi connectivity index (χ4n) is 2.53. The second-order valence-corrected chi connectivity index (χ2v) is 5.47. The molecule has 0 saturated carbocycles. The minimum absolute atomic E-state index is 0.0791. The van der Waals surface area contributed by atoms with E-state index in [9.17, 15) is 8.78 Å². The molecular formula is C15H14ClF2N3O. The van der Waals surface area contributed by atoms with Crippen molar-refractivity contribution in [3.05, 3.63) is 53.1 Å². The van der Waals surface area contributed by atoms with E-state index in [0.29, 0.717) is 12.2 Å². The maximum absolute atomic E-state index is 14.0. The second kappa shape index (κ2) is 6.54. The van der Waals surface area contributed by atoms with Gasteiger partial charge in [0.15, 0.2) is 11.6 Å². The minimum atomic E-state index is -0.722. The SMILES string of the molecule is Fc1ccc(F)c(O[C@@H](c2cnccn2)[C@H]2CCNC2)c1Cl. The normalized spacial score (nSPS) is 19.1. The van der Waals surface area contributed by atoms with Crippen LogP contribution in [0.5, 0.6) is 5.75 Å². The van der Waals surface area contributed by atoms with Crippen molar-refractivity contribution in [1.82, 2.24) is 15.3 Å². The summed E-state index contributed by atoms with van der Waals surface area (Å²) in [6, 6.07) is 1.97. The van der Waals surface area contributed by atoms with Crippen LogP contribution in [-0.4, -0.2) is 23.1 Å². The van der Waals surface area contributed by atoms with Crippen molar-refractivity contribution in [2.75, 3.05) is 13.1 Å². The number of nitrogens with zero attached hydrogens (tertiary/aromatic N) is 2. The van der Waals surface area contributed by atoms with Crippen LogP contribution < -0.4 is 10.1 Å². The van der Waals surface area contributed by atoms with Crippen LogP contribution in [0.2, 0.25) is 5.02 Å². The first kappa shape index (κ1) is 15.1. The molecule has 3 rings (SSSR count). The Balaban J connectivity index is 1.95. The zero-order valence-electron chi connectivity index (χ0n) is 11.6. The molecule has 1 N–H and O–H groups in total. The molecule has 0 radical (unpaired) electrons. The molecule has 0 aliphatic carbocycles. The Morgan fingerprint density at radius 2 is 2.09 bits per heavy atom. The predicted molar refractivity (Wildman–Crippen MR) is 77.7 cm³/mol. The van der Waals surface area contributed by atoms with Crippen molar-refractivity contribution < 1.29 is 13.5 Å². The lowest BCUT2D eigenvalue weighted by molar-refractivity contribution is 0.133. The van der Waals surface area contributed by atoms with Crippen LogP contribution >= 0.6 is 11.6 Å². The first-order valence-corrected chi connectivity index (χ1v) is 7.31. The average molecular weight is 326 g/mol. The van der Waals surface area contributed by atoms with Gasteiger partial charge in [-0.3, -0.25) is 9.97 Å². The van der Waals surface area contributed by atoms with Crippen LogP contribution in [0.4, 0.5) is 8.78 Å². The molecule has 1 aliphatic rings.